The van der Waals surface area contributed by atoms with E-state index in [2.05, 4.69) is 6.07 Å². The molecule has 0 saturated carbocycles. The Bertz CT molecular complexity index is 376. The summed E-state index contributed by atoms with van der Waals surface area (Å²) in [5, 5.41) is 0. The summed E-state index contributed by atoms with van der Waals surface area (Å²) >= 11 is 0. The summed E-state index contributed by atoms with van der Waals surface area (Å²) in [4.78, 5) is 0. The minimum Gasteiger partial charge on any atom is -0.497 e. The molecule has 1 aromatic carbocycles. The van der Waals surface area contributed by atoms with Crippen molar-refractivity contribution in [2.45, 2.75) is 19.3 Å². The monoisotopic (exact) mass is 221 g/mol. The van der Waals surface area contributed by atoms with Gasteiger partial charge in [-0.1, -0.05) is 0 Å². The highest BCUT2D eigenvalue weighted by atomic mass is 16.5. The zero-order chi connectivity index (χ0) is 11.5. The maximum absolute atomic E-state index is 5.74. The van der Waals surface area contributed by atoms with Gasteiger partial charge in [-0.25, -0.2) is 0 Å². The van der Waals surface area contributed by atoms with Gasteiger partial charge in [-0.3, -0.25) is 0 Å². The van der Waals surface area contributed by atoms with E-state index in [0.29, 0.717) is 5.92 Å². The predicted molar refractivity (Wildman–Crippen MR) is 64.1 cm³/mol. The van der Waals surface area contributed by atoms with Crippen LogP contribution in [0.1, 0.15) is 17.5 Å². The summed E-state index contributed by atoms with van der Waals surface area (Å²) in [6, 6.07) is 4.07. The molecular weight excluding hydrogens is 202 g/mol. The van der Waals surface area contributed by atoms with Crippen molar-refractivity contribution in [3.8, 4) is 11.5 Å². The van der Waals surface area contributed by atoms with Crippen molar-refractivity contribution in [3.05, 3.63) is 23.3 Å². The van der Waals surface area contributed by atoms with Crippen molar-refractivity contribution in [1.82, 2.24) is 0 Å². The lowest BCUT2D eigenvalue weighted by molar-refractivity contribution is 0.380. The Labute approximate surface area is 96.5 Å². The van der Waals surface area contributed by atoms with Crippen molar-refractivity contribution < 1.29 is 9.47 Å². The van der Waals surface area contributed by atoms with Crippen LogP contribution in [0.3, 0.4) is 0 Å². The number of ether oxygens (including phenoxy) is 2. The highest BCUT2D eigenvalue weighted by Crippen LogP contribution is 2.35. The van der Waals surface area contributed by atoms with Crippen LogP contribution in [0.25, 0.3) is 0 Å². The van der Waals surface area contributed by atoms with Crippen LogP contribution in [0.15, 0.2) is 12.1 Å². The summed E-state index contributed by atoms with van der Waals surface area (Å²) in [5.74, 6) is 2.42. The summed E-state index contributed by atoms with van der Waals surface area (Å²) in [6.45, 7) is 0.763. The minimum atomic E-state index is 0.601. The van der Waals surface area contributed by atoms with E-state index in [1.807, 2.05) is 6.07 Å². The van der Waals surface area contributed by atoms with Crippen LogP contribution in [0.4, 0.5) is 0 Å². The third kappa shape index (κ3) is 2.00. The van der Waals surface area contributed by atoms with E-state index < -0.39 is 0 Å². The second-order valence-corrected chi connectivity index (χ2v) is 4.31. The second kappa shape index (κ2) is 4.74. The first-order valence-electron chi connectivity index (χ1n) is 5.72. The van der Waals surface area contributed by atoms with Gasteiger partial charge < -0.3 is 15.2 Å². The van der Waals surface area contributed by atoms with Gasteiger partial charge in [-0.15, -0.1) is 0 Å². The van der Waals surface area contributed by atoms with Crippen molar-refractivity contribution in [3.63, 3.8) is 0 Å². The number of hydrogen-bond donors (Lipinski definition) is 1. The lowest BCUT2D eigenvalue weighted by Gasteiger charge is -2.25. The van der Waals surface area contributed by atoms with E-state index in [-0.39, 0.29) is 0 Å². The lowest BCUT2D eigenvalue weighted by atomic mass is 9.83. The molecule has 2 N–H and O–H groups in total. The molecule has 1 atom stereocenters. The van der Waals surface area contributed by atoms with Crippen LogP contribution in [0.5, 0.6) is 11.5 Å². The smallest absolute Gasteiger partial charge is 0.126 e. The van der Waals surface area contributed by atoms with Gasteiger partial charge in [0.2, 0.25) is 0 Å². The molecule has 0 spiro atoms. The highest BCUT2D eigenvalue weighted by molar-refractivity contribution is 5.48. The molecule has 0 heterocycles. The van der Waals surface area contributed by atoms with E-state index in [4.69, 9.17) is 15.2 Å². The maximum atomic E-state index is 5.74. The molecule has 0 saturated heterocycles. The third-order valence-corrected chi connectivity index (χ3v) is 3.38. The Balaban J connectivity index is 2.38. The Morgan fingerprint density at radius 3 is 2.75 bits per heavy atom. The van der Waals surface area contributed by atoms with E-state index in [9.17, 15) is 0 Å². The fourth-order valence-corrected chi connectivity index (χ4v) is 2.40. The van der Waals surface area contributed by atoms with Crippen molar-refractivity contribution in [2.24, 2.45) is 11.7 Å². The van der Waals surface area contributed by atoms with Crippen LogP contribution in [0, 0.1) is 5.92 Å². The Kier molecular flexibility index (Phi) is 3.34. The van der Waals surface area contributed by atoms with Crippen LogP contribution < -0.4 is 15.2 Å². The van der Waals surface area contributed by atoms with Gasteiger partial charge in [-0.05, 0) is 48.9 Å². The van der Waals surface area contributed by atoms with E-state index in [0.717, 1.165) is 37.3 Å². The largest absolute Gasteiger partial charge is 0.497 e. The Hall–Kier alpha value is -1.22. The number of methoxy groups -OCH3 is 2. The van der Waals surface area contributed by atoms with E-state index in [1.54, 1.807) is 14.2 Å². The van der Waals surface area contributed by atoms with Crippen molar-refractivity contribution >= 4 is 0 Å². The topological polar surface area (TPSA) is 44.5 Å². The number of rotatable bonds is 3. The summed E-state index contributed by atoms with van der Waals surface area (Å²) in [6.07, 6.45) is 3.26. The molecule has 1 unspecified atom stereocenters. The lowest BCUT2D eigenvalue weighted by Crippen LogP contribution is -2.22. The summed E-state index contributed by atoms with van der Waals surface area (Å²) in [7, 11) is 3.40. The van der Waals surface area contributed by atoms with Gasteiger partial charge in [-0.2, -0.15) is 0 Å². The molecule has 0 radical (unpaired) electrons. The molecule has 1 aromatic rings. The molecule has 88 valence electrons. The first kappa shape index (κ1) is 11.3. The number of fused-ring (bicyclic) bond motifs is 1. The van der Waals surface area contributed by atoms with Crippen LogP contribution in [-0.2, 0) is 12.8 Å². The zero-order valence-corrected chi connectivity index (χ0v) is 9.95. The van der Waals surface area contributed by atoms with Crippen LogP contribution in [-0.4, -0.2) is 20.8 Å². The van der Waals surface area contributed by atoms with Gasteiger partial charge in [0.05, 0.1) is 14.2 Å². The molecule has 0 fully saturated rings. The fraction of sp³-hybridized carbons (Fsp3) is 0.538. The number of nitrogens with two attached hydrogens (primary N) is 1. The third-order valence-electron chi connectivity index (χ3n) is 3.38. The Morgan fingerprint density at radius 2 is 2.12 bits per heavy atom. The zero-order valence-electron chi connectivity index (χ0n) is 9.95. The molecule has 16 heavy (non-hydrogen) atoms. The van der Waals surface area contributed by atoms with Gasteiger partial charge in [0.1, 0.15) is 11.5 Å². The standard InChI is InChI=1S/C13H19NO2/c1-15-11-6-10-5-9(8-14)3-4-12(10)13(7-11)16-2/h6-7,9H,3-5,8,14H2,1-2H3. The van der Waals surface area contributed by atoms with Gasteiger partial charge >= 0.3 is 0 Å². The average molecular weight is 221 g/mol. The summed E-state index contributed by atoms with van der Waals surface area (Å²) in [5.41, 5.74) is 8.40. The predicted octanol–water partition coefficient (Wildman–Crippen LogP) is 1.77. The normalized spacial score (nSPS) is 19.1. The number of hydrogen-bond acceptors (Lipinski definition) is 3. The van der Waals surface area contributed by atoms with Gasteiger partial charge in [0.15, 0.2) is 0 Å². The van der Waals surface area contributed by atoms with E-state index >= 15 is 0 Å². The maximum Gasteiger partial charge on any atom is 0.126 e. The molecule has 0 amide bonds. The molecule has 3 nitrogen and oxygen atoms in total. The quantitative estimate of drug-likeness (QED) is 0.846. The highest BCUT2D eigenvalue weighted by Gasteiger charge is 2.21. The second-order valence-electron chi connectivity index (χ2n) is 4.31. The average Bonchev–Trinajstić information content (AvgIpc) is 2.36. The Morgan fingerprint density at radius 1 is 1.31 bits per heavy atom. The fourth-order valence-electron chi connectivity index (χ4n) is 2.40. The summed E-state index contributed by atoms with van der Waals surface area (Å²) < 4.78 is 10.7. The van der Waals surface area contributed by atoms with Crippen molar-refractivity contribution in [2.75, 3.05) is 20.8 Å². The SMILES string of the molecule is COc1cc2c(c(OC)c1)CCC(CN)C2. The first-order chi connectivity index (χ1) is 7.78. The van der Waals surface area contributed by atoms with Crippen LogP contribution >= 0.6 is 0 Å². The van der Waals surface area contributed by atoms with Crippen LogP contribution in [0.2, 0.25) is 0 Å². The molecule has 0 aliphatic heterocycles. The minimum absolute atomic E-state index is 0.601. The molecule has 1 aliphatic rings. The molecular formula is C13H19NO2. The van der Waals surface area contributed by atoms with Gasteiger partial charge in [0.25, 0.3) is 0 Å². The molecule has 3 heteroatoms. The molecule has 2 rings (SSSR count). The molecule has 1 aliphatic carbocycles. The molecule has 0 bridgehead atoms. The van der Waals surface area contributed by atoms with Gasteiger partial charge in [0, 0.05) is 6.07 Å². The van der Waals surface area contributed by atoms with Crippen molar-refractivity contribution in [1.29, 1.82) is 0 Å². The molecule has 0 aromatic heterocycles. The first-order valence-corrected chi connectivity index (χ1v) is 5.72. The van der Waals surface area contributed by atoms with E-state index in [1.165, 1.54) is 11.1 Å². The number of benzene rings is 1.